The van der Waals surface area contributed by atoms with Crippen LogP contribution >= 0.6 is 0 Å². The predicted octanol–water partition coefficient (Wildman–Crippen LogP) is 11.1. The second kappa shape index (κ2) is 53.5. The Morgan fingerprint density at radius 2 is 0.863 bits per heavy atom. The SMILES string of the molecule is C=C(C)C(=O)OCCCC(C)=O.C=C(C)C(=O)OCCOC(=O)CC.C=CC(=O)OCC(C)(C)C(C)=O.C=CC(=O)OCCCCC(C)=O.C=CC(C)COC(=O)C(=C)C.C=CCCCCCCCCC(C)=O. The van der Waals surface area contributed by atoms with Crippen molar-refractivity contribution < 1.29 is 76.4 Å². The van der Waals surface area contributed by atoms with Gasteiger partial charge >= 0.3 is 35.8 Å². The van der Waals surface area contributed by atoms with Crippen LogP contribution in [0.25, 0.3) is 0 Å². The summed E-state index contributed by atoms with van der Waals surface area (Å²) < 4.78 is 28.4. The van der Waals surface area contributed by atoms with Gasteiger partial charge in [-0.25, -0.2) is 24.0 Å². The van der Waals surface area contributed by atoms with Crippen molar-refractivity contribution >= 4 is 58.9 Å². The number of hydrogen-bond donors (Lipinski definition) is 0. The minimum absolute atomic E-state index is 0.000591. The molecule has 16 nitrogen and oxygen atoms in total. The number of Topliss-reactive ketones (excluding diaryl/α,β-unsaturated/α-hetero) is 4. The molecule has 0 aromatic heterocycles. The summed E-state index contributed by atoms with van der Waals surface area (Å²) in [6.07, 6.45) is 18.8. The number of allylic oxidation sites excluding steroid dienone is 1. The van der Waals surface area contributed by atoms with Crippen molar-refractivity contribution in [1.82, 2.24) is 0 Å². The average Bonchev–Trinajstić information content (AvgIpc) is 3.33. The van der Waals surface area contributed by atoms with Crippen LogP contribution in [0.1, 0.15) is 166 Å². The van der Waals surface area contributed by atoms with Crippen LogP contribution in [0.3, 0.4) is 0 Å². The molecule has 0 aliphatic heterocycles. The van der Waals surface area contributed by atoms with Crippen LogP contribution in [0.5, 0.6) is 0 Å². The summed E-state index contributed by atoms with van der Waals surface area (Å²) >= 11 is 0. The topological polar surface area (TPSA) is 226 Å². The van der Waals surface area contributed by atoms with Gasteiger partial charge in [0.25, 0.3) is 0 Å². The van der Waals surface area contributed by atoms with Crippen LogP contribution in [0.15, 0.2) is 87.1 Å². The molecule has 416 valence electrons. The van der Waals surface area contributed by atoms with Crippen molar-refractivity contribution in [3.63, 3.8) is 0 Å². The maximum absolute atomic E-state index is 10.9. The van der Waals surface area contributed by atoms with Gasteiger partial charge in [-0.15, -0.1) is 13.2 Å². The van der Waals surface area contributed by atoms with Crippen molar-refractivity contribution in [2.45, 2.75) is 166 Å². The molecule has 0 radical (unpaired) electrons. The minimum Gasteiger partial charge on any atom is -0.463 e. The third-order valence-electron chi connectivity index (χ3n) is 8.92. The van der Waals surface area contributed by atoms with Gasteiger partial charge in [0, 0.05) is 60.5 Å². The zero-order valence-corrected chi connectivity index (χ0v) is 46.5. The highest BCUT2D eigenvalue weighted by atomic mass is 16.6. The summed E-state index contributed by atoms with van der Waals surface area (Å²) in [6, 6.07) is 0. The number of ketones is 4. The van der Waals surface area contributed by atoms with E-state index in [1.165, 1.54) is 46.0 Å². The normalized spacial score (nSPS) is 9.90. The zero-order chi connectivity index (χ0) is 57.8. The summed E-state index contributed by atoms with van der Waals surface area (Å²) in [5.74, 6) is -1.57. The Labute approximate surface area is 438 Å². The molecular formula is C57H92O16. The third kappa shape index (κ3) is 67.8. The van der Waals surface area contributed by atoms with Gasteiger partial charge in [-0.05, 0) is 101 Å². The molecule has 0 aliphatic carbocycles. The zero-order valence-electron chi connectivity index (χ0n) is 46.5. The maximum atomic E-state index is 10.9. The van der Waals surface area contributed by atoms with Crippen molar-refractivity contribution in [3.8, 4) is 0 Å². The van der Waals surface area contributed by atoms with E-state index in [4.69, 9.17) is 18.9 Å². The fourth-order valence-corrected chi connectivity index (χ4v) is 4.01. The van der Waals surface area contributed by atoms with Crippen LogP contribution in [-0.4, -0.2) is 98.6 Å². The summed E-state index contributed by atoms with van der Waals surface area (Å²) in [6.45, 7) is 43.5. The van der Waals surface area contributed by atoms with Crippen LogP contribution < -0.4 is 0 Å². The minimum atomic E-state index is -0.599. The van der Waals surface area contributed by atoms with Gasteiger partial charge in [0.15, 0.2) is 0 Å². The highest BCUT2D eigenvalue weighted by molar-refractivity contribution is 5.88. The first kappa shape index (κ1) is 78.1. The van der Waals surface area contributed by atoms with E-state index < -0.39 is 29.3 Å². The summed E-state index contributed by atoms with van der Waals surface area (Å²) in [5.41, 5.74) is 0.555. The fraction of sp³-hybridized carbons (Fsp3) is 0.579. The highest BCUT2D eigenvalue weighted by Gasteiger charge is 2.25. The number of ether oxygens (including phenoxy) is 6. The molecule has 0 amide bonds. The lowest BCUT2D eigenvalue weighted by Crippen LogP contribution is -2.28. The van der Waals surface area contributed by atoms with Crippen LogP contribution in [-0.2, 0) is 76.4 Å². The van der Waals surface area contributed by atoms with Crippen molar-refractivity contribution in [3.05, 3.63) is 87.1 Å². The van der Waals surface area contributed by atoms with E-state index in [0.29, 0.717) is 68.0 Å². The van der Waals surface area contributed by atoms with E-state index in [2.05, 4.69) is 55.5 Å². The van der Waals surface area contributed by atoms with Crippen LogP contribution in [0.4, 0.5) is 0 Å². The molecule has 0 aromatic rings. The molecule has 0 saturated carbocycles. The Kier molecular flexibility index (Phi) is 57.2. The van der Waals surface area contributed by atoms with Gasteiger partial charge in [-0.1, -0.05) is 84.6 Å². The van der Waals surface area contributed by atoms with E-state index >= 15 is 0 Å². The van der Waals surface area contributed by atoms with Crippen molar-refractivity contribution in [2.75, 3.05) is 39.6 Å². The molecule has 0 heterocycles. The molecule has 16 heteroatoms. The molecule has 1 unspecified atom stereocenters. The lowest BCUT2D eigenvalue weighted by Gasteiger charge is -2.19. The van der Waals surface area contributed by atoms with Gasteiger partial charge in [0.1, 0.15) is 43.0 Å². The molecule has 0 N–H and O–H groups in total. The maximum Gasteiger partial charge on any atom is 0.333 e. The van der Waals surface area contributed by atoms with Crippen LogP contribution in [0, 0.1) is 11.3 Å². The number of rotatable bonds is 33. The Bertz CT molecular complexity index is 1730. The quantitative estimate of drug-likeness (QED) is 0.0196. The Morgan fingerprint density at radius 1 is 0.479 bits per heavy atom. The van der Waals surface area contributed by atoms with Crippen molar-refractivity contribution in [2.24, 2.45) is 11.3 Å². The first-order valence-corrected chi connectivity index (χ1v) is 24.5. The number of carbonyl (C=O) groups is 10. The molecule has 0 aliphatic rings. The first-order chi connectivity index (χ1) is 34.0. The molecule has 1 atom stereocenters. The Morgan fingerprint density at radius 3 is 1.27 bits per heavy atom. The molecule has 0 bridgehead atoms. The molecule has 73 heavy (non-hydrogen) atoms. The molecule has 0 aromatic carbocycles. The van der Waals surface area contributed by atoms with Gasteiger partial charge < -0.3 is 42.8 Å². The molecule has 0 saturated heterocycles. The van der Waals surface area contributed by atoms with E-state index in [-0.39, 0.29) is 55.0 Å². The van der Waals surface area contributed by atoms with Gasteiger partial charge in [0.05, 0.1) is 25.2 Å². The highest BCUT2D eigenvalue weighted by Crippen LogP contribution is 2.16. The Balaban J connectivity index is -0.000000185. The smallest absolute Gasteiger partial charge is 0.333 e. The lowest BCUT2D eigenvalue weighted by molar-refractivity contribution is -0.149. The summed E-state index contributed by atoms with van der Waals surface area (Å²) in [4.78, 5) is 107. The van der Waals surface area contributed by atoms with E-state index in [1.807, 2.05) is 13.0 Å². The molecule has 0 rings (SSSR count). The monoisotopic (exact) mass is 1030 g/mol. The van der Waals surface area contributed by atoms with Gasteiger partial charge in [-0.2, -0.15) is 0 Å². The fourth-order valence-electron chi connectivity index (χ4n) is 4.01. The van der Waals surface area contributed by atoms with E-state index in [0.717, 1.165) is 44.3 Å². The van der Waals surface area contributed by atoms with Gasteiger partial charge in [0.2, 0.25) is 0 Å². The van der Waals surface area contributed by atoms with E-state index in [1.54, 1.807) is 61.5 Å². The predicted molar refractivity (Wildman–Crippen MR) is 287 cm³/mol. The lowest BCUT2D eigenvalue weighted by atomic mass is 9.90. The van der Waals surface area contributed by atoms with Crippen LogP contribution in [0.2, 0.25) is 0 Å². The molecule has 0 spiro atoms. The van der Waals surface area contributed by atoms with Crippen molar-refractivity contribution in [1.29, 1.82) is 0 Å². The largest absolute Gasteiger partial charge is 0.463 e. The van der Waals surface area contributed by atoms with Gasteiger partial charge in [-0.3, -0.25) is 9.59 Å². The standard InChI is InChI=1S/C12H22O.C9H14O4.3C9H14O3.C9H14O2/c1-3-4-5-6-7-8-9-10-11-12(2)13;1-4-8(10)12-5-6-13-9(11)7(2)3;1-7(2)9(11)12-6-4-5-8(3)10;1-5-8(11)12-6-9(3,4)7(2)10;1-3-9(11)12-7-5-4-6-8(2)10;1-5-8(4)6-11-9(10)7(2)3/h3H,1,4-11H2,2H3;2,4-6H2,1,3H3;1,4-6H2,2-3H3;5H,1,6H2,2-4H3;3H,1,4-7H2,2H3;5,8H,1-2,6H2,3-4H3. The molecule has 0 fully saturated rings. The summed E-state index contributed by atoms with van der Waals surface area (Å²) in [7, 11) is 0. The number of hydrogen-bond acceptors (Lipinski definition) is 16. The number of carbonyl (C=O) groups excluding carboxylic acids is 10. The number of esters is 6. The van der Waals surface area contributed by atoms with E-state index in [9.17, 15) is 47.9 Å². The number of unbranched alkanes of at least 4 members (excludes halogenated alkanes) is 7. The second-order valence-corrected chi connectivity index (χ2v) is 17.2. The first-order valence-electron chi connectivity index (χ1n) is 24.5. The summed E-state index contributed by atoms with van der Waals surface area (Å²) in [5, 5.41) is 0. The third-order valence-corrected chi connectivity index (χ3v) is 8.92. The molecular weight excluding hydrogens is 941 g/mol. The average molecular weight is 1030 g/mol. The second-order valence-electron chi connectivity index (χ2n) is 17.2. The Hall–Kier alpha value is -6.32.